The number of amides is 1. The predicted molar refractivity (Wildman–Crippen MR) is 125 cm³/mol. The first-order valence-electron chi connectivity index (χ1n) is 9.52. The van der Waals surface area contributed by atoms with Crippen LogP contribution >= 0.6 is 23.4 Å². The summed E-state index contributed by atoms with van der Waals surface area (Å²) in [5.41, 5.74) is 3.13. The monoisotopic (exact) mass is 450 g/mol. The summed E-state index contributed by atoms with van der Waals surface area (Å²) in [6, 6.07) is 24.7. The second-order valence-electron chi connectivity index (χ2n) is 6.57. The van der Waals surface area contributed by atoms with Crippen molar-refractivity contribution < 1.29 is 13.9 Å². The van der Waals surface area contributed by atoms with Crippen LogP contribution in [0.4, 0.5) is 5.69 Å². The molecule has 3 aromatic carbocycles. The van der Waals surface area contributed by atoms with E-state index in [0.717, 1.165) is 16.8 Å². The van der Waals surface area contributed by atoms with Gasteiger partial charge in [-0.3, -0.25) is 4.79 Å². The Kier molecular flexibility index (Phi) is 6.60. The number of ether oxygens (including phenoxy) is 1. The topological polar surface area (TPSA) is 64.4 Å². The first kappa shape index (κ1) is 21.0. The largest absolute Gasteiger partial charge is 0.495 e. The summed E-state index contributed by atoms with van der Waals surface area (Å²) < 4.78 is 11.3. The summed E-state index contributed by atoms with van der Waals surface area (Å²) in [4.78, 5) is 17.2. The first-order chi connectivity index (χ1) is 15.1. The quantitative estimate of drug-likeness (QED) is 0.330. The lowest BCUT2D eigenvalue weighted by atomic mass is 10.1. The first-order valence-corrected chi connectivity index (χ1v) is 10.9. The van der Waals surface area contributed by atoms with Crippen LogP contribution < -0.4 is 10.1 Å². The maximum Gasteiger partial charge on any atom is 0.257 e. The van der Waals surface area contributed by atoms with Crippen molar-refractivity contribution in [2.24, 2.45) is 0 Å². The van der Waals surface area contributed by atoms with Crippen molar-refractivity contribution in [1.29, 1.82) is 0 Å². The number of aromatic nitrogens is 1. The minimum Gasteiger partial charge on any atom is -0.495 e. The number of benzene rings is 3. The van der Waals surface area contributed by atoms with Crippen LogP contribution in [-0.2, 0) is 4.79 Å². The number of rotatable bonds is 7. The molecule has 1 amide bonds. The molecule has 0 aliphatic rings. The van der Waals surface area contributed by atoms with Gasteiger partial charge in [0.05, 0.1) is 18.6 Å². The molecular formula is C24H19ClN2O3S. The lowest BCUT2D eigenvalue weighted by molar-refractivity contribution is -0.113. The van der Waals surface area contributed by atoms with Crippen LogP contribution in [0.25, 0.3) is 22.6 Å². The fourth-order valence-corrected chi connectivity index (χ4v) is 3.83. The van der Waals surface area contributed by atoms with Crippen LogP contribution in [0, 0.1) is 0 Å². The van der Waals surface area contributed by atoms with Gasteiger partial charge in [-0.2, -0.15) is 0 Å². The van der Waals surface area contributed by atoms with Crippen molar-refractivity contribution in [3.63, 3.8) is 0 Å². The molecule has 0 unspecified atom stereocenters. The number of halogens is 1. The highest BCUT2D eigenvalue weighted by Crippen LogP contribution is 2.35. The van der Waals surface area contributed by atoms with Gasteiger partial charge >= 0.3 is 0 Å². The number of nitrogens with one attached hydrogen (secondary N) is 1. The molecule has 0 spiro atoms. The Balaban J connectivity index is 1.53. The molecule has 31 heavy (non-hydrogen) atoms. The van der Waals surface area contributed by atoms with Gasteiger partial charge in [-0.15, -0.1) is 0 Å². The van der Waals surface area contributed by atoms with Gasteiger partial charge in [-0.1, -0.05) is 84.0 Å². The second-order valence-corrected chi connectivity index (χ2v) is 7.93. The van der Waals surface area contributed by atoms with Gasteiger partial charge in [-0.05, 0) is 18.2 Å². The molecule has 0 radical (unpaired) electrons. The third kappa shape index (κ3) is 5.10. The van der Waals surface area contributed by atoms with Crippen LogP contribution in [0.2, 0.25) is 5.02 Å². The molecule has 0 atom stereocenters. The van der Waals surface area contributed by atoms with E-state index in [0.29, 0.717) is 27.4 Å². The number of carbonyl (C=O) groups is 1. The van der Waals surface area contributed by atoms with Gasteiger partial charge in [0.15, 0.2) is 5.76 Å². The van der Waals surface area contributed by atoms with Crippen molar-refractivity contribution >= 4 is 35.0 Å². The molecule has 0 aliphatic carbocycles. The van der Waals surface area contributed by atoms with Gasteiger partial charge in [0, 0.05) is 16.1 Å². The molecule has 0 bridgehead atoms. The molecule has 4 aromatic rings. The Labute approximate surface area is 189 Å². The minimum atomic E-state index is -0.216. The smallest absolute Gasteiger partial charge is 0.257 e. The highest BCUT2D eigenvalue weighted by molar-refractivity contribution is 7.99. The molecule has 0 aliphatic heterocycles. The zero-order valence-electron chi connectivity index (χ0n) is 16.7. The number of hydrogen-bond acceptors (Lipinski definition) is 5. The number of hydrogen-bond donors (Lipinski definition) is 1. The third-order valence-corrected chi connectivity index (χ3v) is 5.52. The second kappa shape index (κ2) is 9.73. The van der Waals surface area contributed by atoms with Crippen molar-refractivity contribution in [1.82, 2.24) is 4.98 Å². The lowest BCUT2D eigenvalue weighted by Gasteiger charge is -2.09. The fraction of sp³-hybridized carbons (Fsp3) is 0.0833. The lowest BCUT2D eigenvalue weighted by Crippen LogP contribution is -2.14. The van der Waals surface area contributed by atoms with E-state index >= 15 is 0 Å². The zero-order chi connectivity index (χ0) is 21.6. The highest BCUT2D eigenvalue weighted by atomic mass is 35.5. The molecule has 0 saturated heterocycles. The fourth-order valence-electron chi connectivity index (χ4n) is 3.03. The summed E-state index contributed by atoms with van der Waals surface area (Å²) in [7, 11) is 1.54. The van der Waals surface area contributed by atoms with E-state index in [-0.39, 0.29) is 11.7 Å². The number of nitrogens with zero attached hydrogens (tertiary/aromatic N) is 1. The predicted octanol–water partition coefficient (Wildman–Crippen LogP) is 6.40. The number of thioether (sulfide) groups is 1. The molecule has 1 N–H and O–H groups in total. The van der Waals surface area contributed by atoms with E-state index in [4.69, 9.17) is 20.8 Å². The molecule has 0 fully saturated rings. The van der Waals surface area contributed by atoms with E-state index in [9.17, 15) is 4.79 Å². The molecule has 156 valence electrons. The average Bonchev–Trinajstić information content (AvgIpc) is 3.23. The summed E-state index contributed by atoms with van der Waals surface area (Å²) in [5, 5.41) is 3.75. The Hall–Kier alpha value is -3.22. The summed E-state index contributed by atoms with van der Waals surface area (Å²) in [6.07, 6.45) is 0. The zero-order valence-corrected chi connectivity index (χ0v) is 18.2. The van der Waals surface area contributed by atoms with Crippen LogP contribution in [-0.4, -0.2) is 23.8 Å². The Morgan fingerprint density at radius 3 is 2.39 bits per heavy atom. The maximum atomic E-state index is 12.5. The Bertz CT molecular complexity index is 1120. The van der Waals surface area contributed by atoms with Gasteiger partial charge in [-0.25, -0.2) is 4.98 Å². The molecule has 4 rings (SSSR count). The highest BCUT2D eigenvalue weighted by Gasteiger charge is 2.18. The standard InChI is InChI=1S/C24H19ClN2O3S/c1-29-20-13-12-18(25)14-19(20)26-21(28)15-31-24-27-22(16-8-4-2-5-9-16)23(30-24)17-10-6-3-7-11-17/h2-14H,15H2,1H3,(H,26,28). The SMILES string of the molecule is COc1ccc(Cl)cc1NC(=O)CSc1nc(-c2ccccc2)c(-c2ccccc2)o1. The summed E-state index contributed by atoms with van der Waals surface area (Å²) >= 11 is 7.26. The van der Waals surface area contributed by atoms with Crippen molar-refractivity contribution in [2.45, 2.75) is 5.22 Å². The van der Waals surface area contributed by atoms with Gasteiger partial charge < -0.3 is 14.5 Å². The molecule has 7 heteroatoms. The van der Waals surface area contributed by atoms with Crippen LogP contribution in [0.3, 0.4) is 0 Å². The van der Waals surface area contributed by atoms with Crippen LogP contribution in [0.5, 0.6) is 5.75 Å². The van der Waals surface area contributed by atoms with E-state index in [1.165, 1.54) is 18.9 Å². The molecule has 5 nitrogen and oxygen atoms in total. The van der Waals surface area contributed by atoms with Crippen LogP contribution in [0.1, 0.15) is 0 Å². The normalized spacial score (nSPS) is 10.6. The van der Waals surface area contributed by atoms with E-state index in [1.54, 1.807) is 18.2 Å². The molecule has 1 aromatic heterocycles. The van der Waals surface area contributed by atoms with Gasteiger partial charge in [0.2, 0.25) is 5.91 Å². The summed E-state index contributed by atoms with van der Waals surface area (Å²) in [5.74, 6) is 1.12. The molecule has 0 saturated carbocycles. The Morgan fingerprint density at radius 2 is 1.71 bits per heavy atom. The van der Waals surface area contributed by atoms with Crippen molar-refractivity contribution in [2.75, 3.05) is 18.2 Å². The third-order valence-electron chi connectivity index (χ3n) is 4.45. The Morgan fingerprint density at radius 1 is 1.03 bits per heavy atom. The number of carbonyl (C=O) groups excluding carboxylic acids is 1. The maximum absolute atomic E-state index is 12.5. The minimum absolute atomic E-state index is 0.124. The molecule has 1 heterocycles. The summed E-state index contributed by atoms with van der Waals surface area (Å²) in [6.45, 7) is 0. The van der Waals surface area contributed by atoms with Gasteiger partial charge in [0.25, 0.3) is 5.22 Å². The van der Waals surface area contributed by atoms with Crippen molar-refractivity contribution in [3.8, 4) is 28.3 Å². The number of methoxy groups -OCH3 is 1. The average molecular weight is 451 g/mol. The molecular weight excluding hydrogens is 432 g/mol. The van der Waals surface area contributed by atoms with Crippen LogP contribution in [0.15, 0.2) is 88.5 Å². The van der Waals surface area contributed by atoms with E-state index in [2.05, 4.69) is 10.3 Å². The van der Waals surface area contributed by atoms with E-state index in [1.807, 2.05) is 60.7 Å². The number of anilines is 1. The van der Waals surface area contributed by atoms with Crippen molar-refractivity contribution in [3.05, 3.63) is 83.9 Å². The van der Waals surface area contributed by atoms with Gasteiger partial charge in [0.1, 0.15) is 11.4 Å². The number of oxazole rings is 1. The van der Waals surface area contributed by atoms with E-state index < -0.39 is 0 Å².